The zero-order valence-electron chi connectivity index (χ0n) is 15.2. The van der Waals surface area contributed by atoms with E-state index >= 15 is 0 Å². The number of rotatable bonds is 11. The standard InChI is InChI=1S/C13H32O5Si4/c1-12(2)13(14)15-10-9-11-21(5,6)16-19-17-22(7,8)18-20(3)4/h20H,1,9-11,19H2,2-8H3. The van der Waals surface area contributed by atoms with E-state index in [1.807, 2.05) is 0 Å². The highest BCUT2D eigenvalue weighted by atomic mass is 28.5. The van der Waals surface area contributed by atoms with Gasteiger partial charge in [0.1, 0.15) is 0 Å². The van der Waals surface area contributed by atoms with Gasteiger partial charge in [-0.05, 0) is 58.7 Å². The molecule has 0 fully saturated rings. The average Bonchev–Trinajstić information content (AvgIpc) is 2.31. The van der Waals surface area contributed by atoms with E-state index in [2.05, 4.69) is 45.9 Å². The molecular weight excluding hydrogens is 348 g/mol. The van der Waals surface area contributed by atoms with Crippen molar-refractivity contribution in [3.8, 4) is 0 Å². The summed E-state index contributed by atoms with van der Waals surface area (Å²) in [4.78, 5) is 11.3. The predicted octanol–water partition coefficient (Wildman–Crippen LogP) is 2.43. The first-order valence-corrected chi connectivity index (χ1v) is 17.6. The van der Waals surface area contributed by atoms with Gasteiger partial charge in [-0.3, -0.25) is 0 Å². The average molecular weight is 381 g/mol. The lowest BCUT2D eigenvalue weighted by molar-refractivity contribution is -0.138. The molecule has 0 aliphatic heterocycles. The fourth-order valence-electron chi connectivity index (χ4n) is 1.79. The lowest BCUT2D eigenvalue weighted by Crippen LogP contribution is -2.43. The lowest BCUT2D eigenvalue weighted by Gasteiger charge is -2.29. The zero-order valence-corrected chi connectivity index (χ0v) is 19.7. The Labute approximate surface area is 141 Å². The van der Waals surface area contributed by atoms with E-state index in [4.69, 9.17) is 17.1 Å². The van der Waals surface area contributed by atoms with E-state index in [-0.39, 0.29) is 5.97 Å². The van der Waals surface area contributed by atoms with Crippen LogP contribution in [0.5, 0.6) is 0 Å². The molecule has 0 amide bonds. The summed E-state index contributed by atoms with van der Waals surface area (Å²) < 4.78 is 23.1. The number of carbonyl (C=O) groups excluding carboxylic acids is 1. The summed E-state index contributed by atoms with van der Waals surface area (Å²) in [7, 11) is -5.80. The van der Waals surface area contributed by atoms with E-state index in [0.29, 0.717) is 12.2 Å². The summed E-state index contributed by atoms with van der Waals surface area (Å²) in [5.41, 5.74) is 0.439. The van der Waals surface area contributed by atoms with Crippen LogP contribution in [-0.2, 0) is 21.9 Å². The van der Waals surface area contributed by atoms with E-state index < -0.39 is 35.9 Å². The van der Waals surface area contributed by atoms with Gasteiger partial charge in [0.2, 0.25) is 0 Å². The summed E-state index contributed by atoms with van der Waals surface area (Å²) in [5, 5.41) is 0. The van der Waals surface area contributed by atoms with Crippen molar-refractivity contribution in [1.29, 1.82) is 0 Å². The number of hydrogen-bond acceptors (Lipinski definition) is 5. The van der Waals surface area contributed by atoms with Gasteiger partial charge in [-0.1, -0.05) is 6.58 Å². The smallest absolute Gasteiger partial charge is 0.333 e. The molecule has 0 aliphatic carbocycles. The Bertz CT molecular complexity index is 371. The molecule has 0 aromatic rings. The van der Waals surface area contributed by atoms with Crippen LogP contribution in [0.1, 0.15) is 13.3 Å². The van der Waals surface area contributed by atoms with E-state index in [1.54, 1.807) is 6.92 Å². The Morgan fingerprint density at radius 3 is 2.27 bits per heavy atom. The van der Waals surface area contributed by atoms with Crippen molar-refractivity contribution >= 4 is 41.9 Å². The molecule has 5 nitrogen and oxygen atoms in total. The Balaban J connectivity index is 3.95. The van der Waals surface area contributed by atoms with Crippen molar-refractivity contribution < 1.29 is 21.9 Å². The highest BCUT2D eigenvalue weighted by molar-refractivity contribution is 6.78. The van der Waals surface area contributed by atoms with E-state index in [0.717, 1.165) is 12.5 Å². The van der Waals surface area contributed by atoms with Crippen LogP contribution in [0.25, 0.3) is 0 Å². The highest BCUT2D eigenvalue weighted by Crippen LogP contribution is 2.15. The van der Waals surface area contributed by atoms with Gasteiger partial charge in [0.15, 0.2) is 17.4 Å². The molecular formula is C13H32O5Si4. The largest absolute Gasteiger partial charge is 0.462 e. The van der Waals surface area contributed by atoms with Crippen molar-refractivity contribution in [1.82, 2.24) is 0 Å². The third kappa shape index (κ3) is 11.5. The molecule has 0 atom stereocenters. The normalized spacial score (nSPS) is 13.1. The number of carbonyl (C=O) groups is 1. The first-order chi connectivity index (χ1) is 9.95. The number of ether oxygens (including phenoxy) is 1. The van der Waals surface area contributed by atoms with Gasteiger partial charge >= 0.3 is 14.5 Å². The third-order valence-electron chi connectivity index (χ3n) is 2.88. The first kappa shape index (κ1) is 22.0. The molecule has 0 heterocycles. The summed E-state index contributed by atoms with van der Waals surface area (Å²) in [5.74, 6) is -0.319. The maximum atomic E-state index is 11.3. The topological polar surface area (TPSA) is 54.0 Å². The van der Waals surface area contributed by atoms with Crippen LogP contribution in [0.2, 0.25) is 45.3 Å². The maximum absolute atomic E-state index is 11.3. The van der Waals surface area contributed by atoms with Gasteiger partial charge in [0.05, 0.1) is 6.61 Å². The third-order valence-corrected chi connectivity index (χ3v) is 15.4. The second-order valence-electron chi connectivity index (χ2n) is 6.75. The molecule has 22 heavy (non-hydrogen) atoms. The van der Waals surface area contributed by atoms with Crippen LogP contribution in [-0.4, -0.2) is 48.5 Å². The van der Waals surface area contributed by atoms with Crippen LogP contribution in [0.3, 0.4) is 0 Å². The van der Waals surface area contributed by atoms with Crippen LogP contribution in [0, 0.1) is 0 Å². The summed E-state index contributed by atoms with van der Waals surface area (Å²) in [6, 6.07) is 0.953. The molecule has 0 bridgehead atoms. The van der Waals surface area contributed by atoms with Crippen molar-refractivity contribution in [3.05, 3.63) is 12.2 Å². The molecule has 0 radical (unpaired) electrons. The van der Waals surface area contributed by atoms with Gasteiger partial charge in [-0.2, -0.15) is 0 Å². The Kier molecular flexibility index (Phi) is 9.94. The second-order valence-corrected chi connectivity index (χ2v) is 19.2. The van der Waals surface area contributed by atoms with Gasteiger partial charge in [-0.25, -0.2) is 4.79 Å². The van der Waals surface area contributed by atoms with Crippen LogP contribution in [0.15, 0.2) is 12.2 Å². The zero-order chi connectivity index (χ0) is 17.4. The molecule has 0 N–H and O–H groups in total. The van der Waals surface area contributed by atoms with Crippen LogP contribution in [0.4, 0.5) is 0 Å². The summed E-state index contributed by atoms with van der Waals surface area (Å²) >= 11 is 0. The Hall–Kier alpha value is -0.0425. The maximum Gasteiger partial charge on any atom is 0.333 e. The number of esters is 1. The van der Waals surface area contributed by atoms with Crippen molar-refractivity contribution in [2.45, 2.75) is 58.7 Å². The minimum absolute atomic E-state index is 0.319. The fourth-order valence-corrected chi connectivity index (χ4v) is 12.0. The molecule has 9 heteroatoms. The van der Waals surface area contributed by atoms with Gasteiger partial charge in [-0.15, -0.1) is 0 Å². The molecule has 0 aromatic heterocycles. The van der Waals surface area contributed by atoms with Gasteiger partial charge in [0.25, 0.3) is 10.0 Å². The van der Waals surface area contributed by atoms with Crippen molar-refractivity contribution in [2.24, 2.45) is 0 Å². The Morgan fingerprint density at radius 1 is 1.18 bits per heavy atom. The first-order valence-electron chi connectivity index (χ1n) is 7.73. The summed E-state index contributed by atoms with van der Waals surface area (Å²) in [6.45, 7) is 18.5. The number of hydrogen-bond donors (Lipinski definition) is 0. The van der Waals surface area contributed by atoms with Gasteiger partial charge in [0, 0.05) is 5.57 Å². The van der Waals surface area contributed by atoms with Gasteiger partial charge < -0.3 is 17.1 Å². The molecule has 0 rings (SSSR count). The minimum Gasteiger partial charge on any atom is -0.462 e. The highest BCUT2D eigenvalue weighted by Gasteiger charge is 2.28. The second kappa shape index (κ2) is 9.95. The Morgan fingerprint density at radius 2 is 1.77 bits per heavy atom. The molecule has 0 saturated heterocycles. The predicted molar refractivity (Wildman–Crippen MR) is 101 cm³/mol. The van der Waals surface area contributed by atoms with Crippen LogP contribution >= 0.6 is 0 Å². The molecule has 130 valence electrons. The molecule has 0 aromatic carbocycles. The fraction of sp³-hybridized carbons (Fsp3) is 0.769. The monoisotopic (exact) mass is 380 g/mol. The van der Waals surface area contributed by atoms with Crippen LogP contribution < -0.4 is 0 Å². The molecule has 0 aliphatic rings. The summed E-state index contributed by atoms with van der Waals surface area (Å²) in [6.07, 6.45) is 0.822. The molecule has 0 unspecified atom stereocenters. The lowest BCUT2D eigenvalue weighted by atomic mass is 10.4. The minimum atomic E-state index is -1.99. The molecule has 0 saturated carbocycles. The van der Waals surface area contributed by atoms with Crippen molar-refractivity contribution in [2.75, 3.05) is 6.61 Å². The molecule has 0 spiro atoms. The quantitative estimate of drug-likeness (QED) is 0.238. The van der Waals surface area contributed by atoms with E-state index in [1.165, 1.54) is 0 Å². The SMILES string of the molecule is C=C(C)C(=O)OCCC[Si](C)(C)O[SiH2]O[Si](C)(C)O[SiH](C)C. The van der Waals surface area contributed by atoms with E-state index in [9.17, 15) is 4.79 Å². The van der Waals surface area contributed by atoms with Crippen molar-refractivity contribution in [3.63, 3.8) is 0 Å².